The summed E-state index contributed by atoms with van der Waals surface area (Å²) in [6, 6.07) is 0. The molecule has 0 saturated heterocycles. The molecule has 13 heavy (non-hydrogen) atoms. The van der Waals surface area contributed by atoms with Crippen molar-refractivity contribution in [3.05, 3.63) is 29.7 Å². The highest BCUT2D eigenvalue weighted by Gasteiger charge is 2.00. The van der Waals surface area contributed by atoms with Crippen LogP contribution in [0.4, 0.5) is 0 Å². The van der Waals surface area contributed by atoms with Gasteiger partial charge in [0.05, 0.1) is 6.20 Å². The molecule has 0 amide bonds. The van der Waals surface area contributed by atoms with Gasteiger partial charge in [0.15, 0.2) is 5.65 Å². The van der Waals surface area contributed by atoms with Gasteiger partial charge in [-0.3, -0.25) is 0 Å². The van der Waals surface area contributed by atoms with Gasteiger partial charge in [0.2, 0.25) is 0 Å². The number of aryl methyl sites for hydroxylation is 1. The van der Waals surface area contributed by atoms with E-state index in [4.69, 9.17) is 0 Å². The van der Waals surface area contributed by atoms with Crippen LogP contribution in [0.2, 0.25) is 0 Å². The molecule has 1 N–H and O–H groups in total. The predicted octanol–water partition coefficient (Wildman–Crippen LogP) is 0.757. The average Bonchev–Trinajstić information content (AvgIpc) is 2.48. The summed E-state index contributed by atoms with van der Waals surface area (Å²) < 4.78 is 1.81. The zero-order valence-electron chi connectivity index (χ0n) is 7.78. The monoisotopic (exact) mass is 176 g/mol. The SMILES string of the molecule is CNCc1cnc2c(C)cnn2c1. The summed E-state index contributed by atoms with van der Waals surface area (Å²) in [7, 11) is 1.92. The average molecular weight is 176 g/mol. The van der Waals surface area contributed by atoms with E-state index in [9.17, 15) is 0 Å². The number of nitrogens with one attached hydrogen (secondary N) is 1. The molecule has 0 aromatic carbocycles. The van der Waals surface area contributed by atoms with E-state index in [0.717, 1.165) is 23.3 Å². The quantitative estimate of drug-likeness (QED) is 0.734. The summed E-state index contributed by atoms with van der Waals surface area (Å²) >= 11 is 0. The first-order valence-corrected chi connectivity index (χ1v) is 4.24. The van der Waals surface area contributed by atoms with E-state index < -0.39 is 0 Å². The Bertz CT molecular complexity index is 418. The largest absolute Gasteiger partial charge is 0.316 e. The van der Waals surface area contributed by atoms with Crippen LogP contribution in [0.5, 0.6) is 0 Å². The lowest BCUT2D eigenvalue weighted by Gasteiger charge is -1.99. The summed E-state index contributed by atoms with van der Waals surface area (Å²) in [4.78, 5) is 4.32. The molecular formula is C9H12N4. The van der Waals surface area contributed by atoms with Crippen molar-refractivity contribution in [2.24, 2.45) is 0 Å². The fraction of sp³-hybridized carbons (Fsp3) is 0.333. The molecule has 68 valence electrons. The molecule has 2 aromatic rings. The molecule has 4 nitrogen and oxygen atoms in total. The lowest BCUT2D eigenvalue weighted by atomic mass is 10.3. The van der Waals surface area contributed by atoms with Crippen LogP contribution in [-0.2, 0) is 6.54 Å². The molecule has 0 unspecified atom stereocenters. The second-order valence-corrected chi connectivity index (χ2v) is 3.09. The molecule has 2 rings (SSSR count). The lowest BCUT2D eigenvalue weighted by Crippen LogP contribution is -2.06. The number of nitrogens with zero attached hydrogens (tertiary/aromatic N) is 3. The molecular weight excluding hydrogens is 164 g/mol. The Labute approximate surface area is 76.6 Å². The van der Waals surface area contributed by atoms with E-state index in [1.807, 2.05) is 37.1 Å². The van der Waals surface area contributed by atoms with Gasteiger partial charge in [-0.05, 0) is 14.0 Å². The molecule has 0 bridgehead atoms. The van der Waals surface area contributed by atoms with Crippen LogP contribution in [-0.4, -0.2) is 21.6 Å². The Kier molecular flexibility index (Phi) is 1.98. The van der Waals surface area contributed by atoms with Crippen molar-refractivity contribution in [3.63, 3.8) is 0 Å². The topological polar surface area (TPSA) is 42.2 Å². The fourth-order valence-electron chi connectivity index (χ4n) is 1.33. The van der Waals surface area contributed by atoms with Crippen molar-refractivity contribution in [2.45, 2.75) is 13.5 Å². The van der Waals surface area contributed by atoms with Crippen molar-refractivity contribution in [3.8, 4) is 0 Å². The molecule has 0 aliphatic rings. The highest BCUT2D eigenvalue weighted by Crippen LogP contribution is 2.06. The molecule has 2 heterocycles. The smallest absolute Gasteiger partial charge is 0.157 e. The zero-order chi connectivity index (χ0) is 9.26. The highest BCUT2D eigenvalue weighted by molar-refractivity contribution is 5.45. The van der Waals surface area contributed by atoms with Crippen molar-refractivity contribution in [1.29, 1.82) is 0 Å². The molecule has 0 fully saturated rings. The Balaban J connectivity index is 2.50. The van der Waals surface area contributed by atoms with Crippen LogP contribution in [0, 0.1) is 6.92 Å². The van der Waals surface area contributed by atoms with Crippen molar-refractivity contribution in [2.75, 3.05) is 7.05 Å². The van der Waals surface area contributed by atoms with Crippen LogP contribution in [0.1, 0.15) is 11.1 Å². The second kappa shape index (κ2) is 3.14. The maximum Gasteiger partial charge on any atom is 0.157 e. The van der Waals surface area contributed by atoms with E-state index in [-0.39, 0.29) is 0 Å². The zero-order valence-corrected chi connectivity index (χ0v) is 7.78. The van der Waals surface area contributed by atoms with E-state index in [2.05, 4.69) is 15.4 Å². The second-order valence-electron chi connectivity index (χ2n) is 3.09. The molecule has 0 atom stereocenters. The van der Waals surface area contributed by atoms with Crippen LogP contribution >= 0.6 is 0 Å². The van der Waals surface area contributed by atoms with Gasteiger partial charge in [0, 0.05) is 30.1 Å². The van der Waals surface area contributed by atoms with E-state index in [1.165, 1.54) is 0 Å². The van der Waals surface area contributed by atoms with Gasteiger partial charge >= 0.3 is 0 Å². The van der Waals surface area contributed by atoms with Crippen LogP contribution in [0.15, 0.2) is 18.6 Å². The maximum absolute atomic E-state index is 4.32. The number of hydrogen-bond donors (Lipinski definition) is 1. The van der Waals surface area contributed by atoms with Gasteiger partial charge in [-0.25, -0.2) is 9.50 Å². The van der Waals surface area contributed by atoms with Gasteiger partial charge < -0.3 is 5.32 Å². The normalized spacial score (nSPS) is 10.9. The first-order valence-electron chi connectivity index (χ1n) is 4.24. The Morgan fingerprint density at radius 1 is 1.46 bits per heavy atom. The minimum absolute atomic E-state index is 0.821. The first kappa shape index (κ1) is 8.19. The number of rotatable bonds is 2. The van der Waals surface area contributed by atoms with Gasteiger partial charge in [0.25, 0.3) is 0 Å². The third-order valence-corrected chi connectivity index (χ3v) is 1.97. The van der Waals surface area contributed by atoms with Crippen LogP contribution in [0.25, 0.3) is 5.65 Å². The Morgan fingerprint density at radius 3 is 3.08 bits per heavy atom. The van der Waals surface area contributed by atoms with Gasteiger partial charge in [-0.2, -0.15) is 5.10 Å². The molecule has 0 spiro atoms. The van der Waals surface area contributed by atoms with Gasteiger partial charge in [0.1, 0.15) is 0 Å². The van der Waals surface area contributed by atoms with Crippen LogP contribution < -0.4 is 5.32 Å². The molecule has 0 aliphatic heterocycles. The number of fused-ring (bicyclic) bond motifs is 1. The minimum atomic E-state index is 0.821. The number of aromatic nitrogens is 3. The standard InChI is InChI=1S/C9H12N4/c1-7-3-12-13-6-8(4-10-2)5-11-9(7)13/h3,5-6,10H,4H2,1-2H3. The Hall–Kier alpha value is -1.42. The molecule has 2 aromatic heterocycles. The lowest BCUT2D eigenvalue weighted by molar-refractivity contribution is 0.794. The number of hydrogen-bond acceptors (Lipinski definition) is 3. The molecule has 0 radical (unpaired) electrons. The van der Waals surface area contributed by atoms with Crippen molar-refractivity contribution >= 4 is 5.65 Å². The summed E-state index contributed by atoms with van der Waals surface area (Å²) in [6.07, 6.45) is 5.69. The van der Waals surface area contributed by atoms with Crippen LogP contribution in [0.3, 0.4) is 0 Å². The van der Waals surface area contributed by atoms with Gasteiger partial charge in [-0.15, -0.1) is 0 Å². The first-order chi connectivity index (χ1) is 6.31. The molecule has 0 aliphatic carbocycles. The predicted molar refractivity (Wildman–Crippen MR) is 50.5 cm³/mol. The summed E-state index contributed by atoms with van der Waals surface area (Å²) in [5.74, 6) is 0. The van der Waals surface area contributed by atoms with Gasteiger partial charge in [-0.1, -0.05) is 0 Å². The Morgan fingerprint density at radius 2 is 2.31 bits per heavy atom. The maximum atomic E-state index is 4.32. The van der Waals surface area contributed by atoms with E-state index in [0.29, 0.717) is 0 Å². The minimum Gasteiger partial charge on any atom is -0.316 e. The van der Waals surface area contributed by atoms with E-state index >= 15 is 0 Å². The third-order valence-electron chi connectivity index (χ3n) is 1.97. The fourth-order valence-corrected chi connectivity index (χ4v) is 1.33. The summed E-state index contributed by atoms with van der Waals surface area (Å²) in [5.41, 5.74) is 3.17. The summed E-state index contributed by atoms with van der Waals surface area (Å²) in [5, 5.41) is 7.26. The third kappa shape index (κ3) is 1.40. The molecule has 4 heteroatoms. The van der Waals surface area contributed by atoms with Crippen molar-refractivity contribution < 1.29 is 0 Å². The van der Waals surface area contributed by atoms with Crippen molar-refractivity contribution in [1.82, 2.24) is 19.9 Å². The highest BCUT2D eigenvalue weighted by atomic mass is 15.2. The molecule has 0 saturated carbocycles. The summed E-state index contributed by atoms with van der Waals surface area (Å²) in [6.45, 7) is 2.83. The van der Waals surface area contributed by atoms with E-state index in [1.54, 1.807) is 0 Å².